The maximum atomic E-state index is 12.1. The van der Waals surface area contributed by atoms with Crippen molar-refractivity contribution < 1.29 is 18.3 Å². The average molecular weight is 184 g/mol. The van der Waals surface area contributed by atoms with E-state index in [2.05, 4.69) is 0 Å². The quantitative estimate of drug-likeness (QED) is 0.738. The number of fused-ring (bicyclic) bond motifs is 1. The number of benzene rings is 1. The van der Waals surface area contributed by atoms with E-state index in [-0.39, 0.29) is 17.1 Å². The number of alkyl halides is 2. The van der Waals surface area contributed by atoms with Crippen molar-refractivity contribution in [3.05, 3.63) is 30.0 Å². The highest BCUT2D eigenvalue weighted by Crippen LogP contribution is 2.28. The number of phenolic OH excluding ortho intramolecular Hbond substituents is 1. The monoisotopic (exact) mass is 184 g/mol. The summed E-state index contributed by atoms with van der Waals surface area (Å²) in [5.41, 5.74) is 0.273. The van der Waals surface area contributed by atoms with E-state index in [0.29, 0.717) is 5.39 Å². The van der Waals surface area contributed by atoms with Gasteiger partial charge in [-0.25, -0.2) is 8.78 Å². The molecule has 1 aromatic carbocycles. The summed E-state index contributed by atoms with van der Waals surface area (Å²) in [7, 11) is 0. The van der Waals surface area contributed by atoms with Gasteiger partial charge in [0, 0.05) is 11.5 Å². The fraction of sp³-hybridized carbons (Fsp3) is 0.111. The van der Waals surface area contributed by atoms with Crippen LogP contribution in [0.5, 0.6) is 5.75 Å². The highest BCUT2D eigenvalue weighted by Gasteiger charge is 2.13. The first-order valence-electron chi connectivity index (χ1n) is 3.67. The first-order chi connectivity index (χ1) is 6.16. The van der Waals surface area contributed by atoms with E-state index in [1.807, 2.05) is 0 Å². The maximum Gasteiger partial charge on any atom is 0.295 e. The number of furan rings is 1. The molecule has 0 aliphatic carbocycles. The fourth-order valence-corrected chi connectivity index (χ4v) is 1.15. The lowest BCUT2D eigenvalue weighted by molar-refractivity contribution is 0.124. The Balaban J connectivity index is 2.62. The van der Waals surface area contributed by atoms with Crippen molar-refractivity contribution in [3.8, 4) is 5.75 Å². The number of aromatic hydroxyl groups is 1. The average Bonchev–Trinajstić information content (AvgIpc) is 2.46. The van der Waals surface area contributed by atoms with E-state index in [0.717, 1.165) is 0 Å². The largest absolute Gasteiger partial charge is 0.508 e. The molecular weight excluding hydrogens is 178 g/mol. The van der Waals surface area contributed by atoms with Gasteiger partial charge in [0.1, 0.15) is 11.3 Å². The summed E-state index contributed by atoms with van der Waals surface area (Å²) in [5.74, 6) is -0.372. The number of halogens is 2. The van der Waals surface area contributed by atoms with Crippen LogP contribution in [-0.4, -0.2) is 5.11 Å². The van der Waals surface area contributed by atoms with E-state index in [1.54, 1.807) is 0 Å². The Bertz CT molecular complexity index is 434. The molecule has 0 radical (unpaired) electrons. The van der Waals surface area contributed by atoms with Gasteiger partial charge in [-0.3, -0.25) is 0 Å². The molecule has 0 bridgehead atoms. The van der Waals surface area contributed by atoms with Gasteiger partial charge in [0.25, 0.3) is 6.43 Å². The topological polar surface area (TPSA) is 33.4 Å². The van der Waals surface area contributed by atoms with Gasteiger partial charge in [-0.1, -0.05) is 0 Å². The second-order valence-corrected chi connectivity index (χ2v) is 2.67. The molecule has 0 fully saturated rings. The van der Waals surface area contributed by atoms with Crippen molar-refractivity contribution in [1.82, 2.24) is 0 Å². The number of rotatable bonds is 1. The van der Waals surface area contributed by atoms with Gasteiger partial charge in [0.15, 0.2) is 5.76 Å². The Morgan fingerprint density at radius 1 is 1.23 bits per heavy atom. The lowest BCUT2D eigenvalue weighted by atomic mass is 10.2. The molecule has 0 atom stereocenters. The van der Waals surface area contributed by atoms with E-state index in [4.69, 9.17) is 9.52 Å². The molecule has 0 saturated carbocycles. The van der Waals surface area contributed by atoms with E-state index in [9.17, 15) is 8.78 Å². The summed E-state index contributed by atoms with van der Waals surface area (Å²) in [4.78, 5) is 0. The standard InChI is InChI=1S/C9H6F2O2/c10-9(11)8-3-5-1-2-6(12)4-7(5)13-8/h1-4,9,12H. The second kappa shape index (κ2) is 2.73. The summed E-state index contributed by atoms with van der Waals surface area (Å²) < 4.78 is 29.1. The van der Waals surface area contributed by atoms with Crippen LogP contribution in [0.3, 0.4) is 0 Å². The summed E-state index contributed by atoms with van der Waals surface area (Å²) in [6.07, 6.45) is -2.62. The third-order valence-corrected chi connectivity index (χ3v) is 1.74. The van der Waals surface area contributed by atoms with Gasteiger partial charge >= 0.3 is 0 Å². The second-order valence-electron chi connectivity index (χ2n) is 2.67. The minimum Gasteiger partial charge on any atom is -0.508 e. The molecule has 2 rings (SSSR count). The highest BCUT2D eigenvalue weighted by atomic mass is 19.3. The normalized spacial score (nSPS) is 11.3. The molecule has 68 valence electrons. The fourth-order valence-electron chi connectivity index (χ4n) is 1.15. The minimum atomic E-state index is -2.62. The first kappa shape index (κ1) is 8.04. The van der Waals surface area contributed by atoms with Crippen LogP contribution in [0.2, 0.25) is 0 Å². The van der Waals surface area contributed by atoms with Gasteiger partial charge < -0.3 is 9.52 Å². The van der Waals surface area contributed by atoms with Crippen molar-refractivity contribution in [2.75, 3.05) is 0 Å². The molecule has 2 aromatic rings. The lowest BCUT2D eigenvalue weighted by Gasteiger charge is -1.90. The van der Waals surface area contributed by atoms with Crippen LogP contribution in [0.15, 0.2) is 28.7 Å². The van der Waals surface area contributed by atoms with Gasteiger partial charge in [-0.15, -0.1) is 0 Å². The molecule has 0 aliphatic rings. The predicted molar refractivity (Wildman–Crippen MR) is 42.8 cm³/mol. The van der Waals surface area contributed by atoms with E-state index < -0.39 is 6.43 Å². The van der Waals surface area contributed by atoms with Crippen LogP contribution in [0.1, 0.15) is 12.2 Å². The molecule has 2 nitrogen and oxygen atoms in total. The first-order valence-corrected chi connectivity index (χ1v) is 3.67. The molecular formula is C9H6F2O2. The van der Waals surface area contributed by atoms with Crippen LogP contribution in [0, 0.1) is 0 Å². The summed E-state index contributed by atoms with van der Waals surface area (Å²) in [5, 5.41) is 9.59. The SMILES string of the molecule is Oc1ccc2cc(C(F)F)oc2c1. The Morgan fingerprint density at radius 3 is 2.69 bits per heavy atom. The van der Waals surface area contributed by atoms with Gasteiger partial charge in [0.2, 0.25) is 0 Å². The van der Waals surface area contributed by atoms with Crippen molar-refractivity contribution in [3.63, 3.8) is 0 Å². The number of hydrogen-bond acceptors (Lipinski definition) is 2. The molecule has 0 saturated heterocycles. The summed E-state index contributed by atoms with van der Waals surface area (Å²) in [6.45, 7) is 0. The smallest absolute Gasteiger partial charge is 0.295 e. The molecule has 0 unspecified atom stereocenters. The molecule has 0 amide bonds. The van der Waals surface area contributed by atoms with Gasteiger partial charge in [-0.05, 0) is 18.2 Å². The molecule has 1 aromatic heterocycles. The summed E-state index contributed by atoms with van der Waals surface area (Å²) >= 11 is 0. The van der Waals surface area contributed by atoms with Crippen molar-refractivity contribution >= 4 is 11.0 Å². The van der Waals surface area contributed by atoms with Crippen LogP contribution in [-0.2, 0) is 0 Å². The third-order valence-electron chi connectivity index (χ3n) is 1.74. The molecule has 13 heavy (non-hydrogen) atoms. The molecule has 1 N–H and O–H groups in total. The molecule has 1 heterocycles. The lowest BCUT2D eigenvalue weighted by Crippen LogP contribution is -1.74. The van der Waals surface area contributed by atoms with Crippen molar-refractivity contribution in [1.29, 1.82) is 0 Å². The third kappa shape index (κ3) is 1.35. The number of hydrogen-bond donors (Lipinski definition) is 1. The van der Waals surface area contributed by atoms with Gasteiger partial charge in [0.05, 0.1) is 0 Å². The molecule has 0 spiro atoms. The van der Waals surface area contributed by atoms with E-state index >= 15 is 0 Å². The van der Waals surface area contributed by atoms with Crippen molar-refractivity contribution in [2.24, 2.45) is 0 Å². The van der Waals surface area contributed by atoms with Crippen LogP contribution in [0.4, 0.5) is 8.78 Å². The van der Waals surface area contributed by atoms with Crippen LogP contribution < -0.4 is 0 Å². The minimum absolute atomic E-state index is 0.00247. The Hall–Kier alpha value is -1.58. The van der Waals surface area contributed by atoms with Crippen LogP contribution in [0.25, 0.3) is 11.0 Å². The van der Waals surface area contributed by atoms with E-state index in [1.165, 1.54) is 24.3 Å². The molecule has 4 heteroatoms. The highest BCUT2D eigenvalue weighted by molar-refractivity contribution is 5.79. The maximum absolute atomic E-state index is 12.1. The Kier molecular flexibility index (Phi) is 1.69. The van der Waals surface area contributed by atoms with Crippen molar-refractivity contribution in [2.45, 2.75) is 6.43 Å². The number of phenols is 1. The zero-order valence-corrected chi connectivity index (χ0v) is 6.50. The zero-order chi connectivity index (χ0) is 9.42. The van der Waals surface area contributed by atoms with Crippen LogP contribution >= 0.6 is 0 Å². The van der Waals surface area contributed by atoms with Gasteiger partial charge in [-0.2, -0.15) is 0 Å². The summed E-state index contributed by atoms with van der Waals surface area (Å²) in [6, 6.07) is 5.52. The predicted octanol–water partition coefficient (Wildman–Crippen LogP) is 3.08. The Morgan fingerprint density at radius 2 is 2.00 bits per heavy atom. The Labute approximate surface area is 72.4 Å². The molecule has 0 aliphatic heterocycles. The zero-order valence-electron chi connectivity index (χ0n) is 6.50.